The summed E-state index contributed by atoms with van der Waals surface area (Å²) in [4.78, 5) is 15.7. The van der Waals surface area contributed by atoms with Crippen molar-refractivity contribution in [2.75, 3.05) is 0 Å². The molecule has 4 nitrogen and oxygen atoms in total. The highest BCUT2D eigenvalue weighted by molar-refractivity contribution is 7.09. The first-order chi connectivity index (χ1) is 8.21. The maximum Gasteiger partial charge on any atom is 0.309 e. The van der Waals surface area contributed by atoms with E-state index >= 15 is 0 Å². The number of aliphatic carboxylic acids is 1. The van der Waals surface area contributed by atoms with E-state index in [-0.39, 0.29) is 0 Å². The topological polar surface area (TPSA) is 70.4 Å². The molecule has 1 aromatic heterocycles. The molecule has 100 valence electrons. The lowest BCUT2D eigenvalue weighted by molar-refractivity contribution is -0.170. The molecule has 2 rings (SSSR count). The molecule has 0 bridgehead atoms. The SMILES string of the molecule is CC1(C)C[C@@](O)(c2nccs2)CC[C@]1(C)C(=O)O. The lowest BCUT2D eigenvalue weighted by atomic mass is 9.55. The zero-order chi connectivity index (χ0) is 13.6. The van der Waals surface area contributed by atoms with Crippen molar-refractivity contribution in [1.82, 2.24) is 4.98 Å². The average molecular weight is 269 g/mol. The summed E-state index contributed by atoms with van der Waals surface area (Å²) >= 11 is 1.43. The second kappa shape index (κ2) is 4.03. The van der Waals surface area contributed by atoms with Crippen LogP contribution in [-0.2, 0) is 10.4 Å². The minimum Gasteiger partial charge on any atom is -0.481 e. The second-order valence-electron chi connectivity index (χ2n) is 6.07. The van der Waals surface area contributed by atoms with Gasteiger partial charge in [-0.2, -0.15) is 0 Å². The molecule has 1 heterocycles. The molecule has 18 heavy (non-hydrogen) atoms. The Morgan fingerprint density at radius 3 is 2.50 bits per heavy atom. The summed E-state index contributed by atoms with van der Waals surface area (Å²) in [6.45, 7) is 5.61. The van der Waals surface area contributed by atoms with E-state index in [0.717, 1.165) is 0 Å². The van der Waals surface area contributed by atoms with Crippen LogP contribution >= 0.6 is 11.3 Å². The summed E-state index contributed by atoms with van der Waals surface area (Å²) in [6.07, 6.45) is 3.02. The standard InChI is InChI=1S/C13H19NO3S/c1-11(2)8-13(17,9-14-6-7-18-9)5-4-12(11,3)10(15)16/h6-7,17H,4-5,8H2,1-3H3,(H,15,16)/t12-,13-/m1/s1. The average Bonchev–Trinajstić information content (AvgIpc) is 2.77. The number of aromatic nitrogens is 1. The van der Waals surface area contributed by atoms with Crippen LogP contribution in [0.15, 0.2) is 11.6 Å². The van der Waals surface area contributed by atoms with Crippen LogP contribution in [0.5, 0.6) is 0 Å². The highest BCUT2D eigenvalue weighted by Gasteiger charge is 2.56. The van der Waals surface area contributed by atoms with Gasteiger partial charge in [0.25, 0.3) is 0 Å². The third-order valence-electron chi connectivity index (χ3n) is 4.57. The monoisotopic (exact) mass is 269 g/mol. The zero-order valence-corrected chi connectivity index (χ0v) is 11.8. The molecule has 2 N–H and O–H groups in total. The van der Waals surface area contributed by atoms with Gasteiger partial charge in [0, 0.05) is 11.6 Å². The first kappa shape index (κ1) is 13.5. The molecular weight excluding hydrogens is 250 g/mol. The fraction of sp³-hybridized carbons (Fsp3) is 0.692. The van der Waals surface area contributed by atoms with Crippen LogP contribution in [0.3, 0.4) is 0 Å². The van der Waals surface area contributed by atoms with Gasteiger partial charge in [0.15, 0.2) is 0 Å². The van der Waals surface area contributed by atoms with Crippen molar-refractivity contribution in [3.63, 3.8) is 0 Å². The molecule has 0 aromatic carbocycles. The molecule has 1 saturated carbocycles. The molecular formula is C13H19NO3S. The number of aliphatic hydroxyl groups is 1. The van der Waals surface area contributed by atoms with Crippen LogP contribution in [0.4, 0.5) is 0 Å². The fourth-order valence-corrected chi connectivity index (χ4v) is 3.61. The van der Waals surface area contributed by atoms with Crippen LogP contribution < -0.4 is 0 Å². The molecule has 0 spiro atoms. The van der Waals surface area contributed by atoms with E-state index in [4.69, 9.17) is 0 Å². The van der Waals surface area contributed by atoms with Gasteiger partial charge in [0.05, 0.1) is 5.41 Å². The number of rotatable bonds is 2. The largest absolute Gasteiger partial charge is 0.481 e. The molecule has 0 unspecified atom stereocenters. The van der Waals surface area contributed by atoms with Crippen LogP contribution in [0.25, 0.3) is 0 Å². The van der Waals surface area contributed by atoms with Crippen molar-refractivity contribution in [2.24, 2.45) is 10.8 Å². The van der Waals surface area contributed by atoms with E-state index in [9.17, 15) is 15.0 Å². The lowest BCUT2D eigenvalue weighted by Gasteiger charge is -2.50. The smallest absolute Gasteiger partial charge is 0.309 e. The third-order valence-corrected chi connectivity index (χ3v) is 5.54. The number of carboxylic acid groups (broad SMARTS) is 1. The predicted molar refractivity (Wildman–Crippen MR) is 69.4 cm³/mol. The number of hydrogen-bond acceptors (Lipinski definition) is 4. The predicted octanol–water partition coefficient (Wildman–Crippen LogP) is 2.63. The lowest BCUT2D eigenvalue weighted by Crippen LogP contribution is -2.51. The number of hydrogen-bond donors (Lipinski definition) is 2. The first-order valence-electron chi connectivity index (χ1n) is 6.07. The maximum atomic E-state index is 11.5. The van der Waals surface area contributed by atoms with Crippen molar-refractivity contribution in [3.05, 3.63) is 16.6 Å². The Balaban J connectivity index is 2.33. The summed E-state index contributed by atoms with van der Waals surface area (Å²) in [5.41, 5.74) is -2.25. The molecule has 1 aliphatic rings. The van der Waals surface area contributed by atoms with Crippen molar-refractivity contribution < 1.29 is 15.0 Å². The molecule has 1 fully saturated rings. The summed E-state index contributed by atoms with van der Waals surface area (Å²) in [5.74, 6) is -0.784. The van der Waals surface area contributed by atoms with E-state index in [1.165, 1.54) is 11.3 Å². The summed E-state index contributed by atoms with van der Waals surface area (Å²) in [5, 5.41) is 22.7. The molecule has 2 atom stereocenters. The van der Waals surface area contributed by atoms with Gasteiger partial charge < -0.3 is 10.2 Å². The first-order valence-corrected chi connectivity index (χ1v) is 6.95. The highest BCUT2D eigenvalue weighted by Crippen LogP contribution is 2.56. The Bertz CT molecular complexity index is 457. The van der Waals surface area contributed by atoms with Crippen LogP contribution in [-0.4, -0.2) is 21.2 Å². The molecule has 0 saturated heterocycles. The minimum absolute atomic E-state index is 0.427. The molecule has 5 heteroatoms. The van der Waals surface area contributed by atoms with Crippen molar-refractivity contribution in [3.8, 4) is 0 Å². The fourth-order valence-electron chi connectivity index (χ4n) is 2.84. The van der Waals surface area contributed by atoms with Gasteiger partial charge in [0.2, 0.25) is 0 Å². The Morgan fingerprint density at radius 1 is 1.39 bits per heavy atom. The molecule has 0 amide bonds. The van der Waals surface area contributed by atoms with Crippen LogP contribution in [0, 0.1) is 10.8 Å². The van der Waals surface area contributed by atoms with Gasteiger partial charge in [-0.05, 0) is 31.6 Å². The van der Waals surface area contributed by atoms with Gasteiger partial charge in [-0.15, -0.1) is 11.3 Å². The molecule has 1 aromatic rings. The Morgan fingerprint density at radius 2 is 2.06 bits per heavy atom. The minimum atomic E-state index is -0.980. The van der Waals surface area contributed by atoms with Crippen molar-refractivity contribution >= 4 is 17.3 Å². The van der Waals surface area contributed by atoms with Crippen molar-refractivity contribution in [2.45, 2.75) is 45.6 Å². The van der Waals surface area contributed by atoms with Gasteiger partial charge in [0.1, 0.15) is 10.6 Å². The molecule has 0 radical (unpaired) electrons. The van der Waals surface area contributed by atoms with Crippen molar-refractivity contribution in [1.29, 1.82) is 0 Å². The summed E-state index contributed by atoms with van der Waals surface area (Å²) in [7, 11) is 0. The highest BCUT2D eigenvalue weighted by atomic mass is 32.1. The van der Waals surface area contributed by atoms with E-state index < -0.39 is 22.4 Å². The molecule has 0 aliphatic heterocycles. The van der Waals surface area contributed by atoms with E-state index in [1.807, 2.05) is 19.2 Å². The zero-order valence-electron chi connectivity index (χ0n) is 10.9. The Hall–Kier alpha value is -0.940. The second-order valence-corrected chi connectivity index (χ2v) is 6.96. The normalized spacial score (nSPS) is 35.3. The maximum absolute atomic E-state index is 11.5. The third kappa shape index (κ3) is 1.86. The number of thiazole rings is 1. The summed E-state index contributed by atoms with van der Waals surface area (Å²) in [6, 6.07) is 0. The quantitative estimate of drug-likeness (QED) is 0.866. The van der Waals surface area contributed by atoms with Crippen LogP contribution in [0.1, 0.15) is 45.0 Å². The Kier molecular flexibility index (Phi) is 3.02. The molecule has 1 aliphatic carbocycles. The van der Waals surface area contributed by atoms with Gasteiger partial charge in [-0.1, -0.05) is 13.8 Å². The van der Waals surface area contributed by atoms with Gasteiger partial charge in [-0.25, -0.2) is 4.98 Å². The van der Waals surface area contributed by atoms with Crippen LogP contribution in [0.2, 0.25) is 0 Å². The van der Waals surface area contributed by atoms with Gasteiger partial charge in [-0.3, -0.25) is 4.79 Å². The Labute approximate surface area is 111 Å². The number of carboxylic acids is 1. The number of nitrogens with zero attached hydrogens (tertiary/aromatic N) is 1. The summed E-state index contributed by atoms with van der Waals surface area (Å²) < 4.78 is 0. The van der Waals surface area contributed by atoms with E-state index in [2.05, 4.69) is 4.98 Å². The van der Waals surface area contributed by atoms with Gasteiger partial charge >= 0.3 is 5.97 Å². The number of carbonyl (C=O) groups is 1. The van der Waals surface area contributed by atoms with E-state index in [0.29, 0.717) is 24.3 Å². The van der Waals surface area contributed by atoms with E-state index in [1.54, 1.807) is 13.1 Å².